The number of rotatable bonds is 1. The molecule has 0 N–H and O–H groups in total. The molecule has 0 aliphatic carbocycles. The first-order chi connectivity index (χ1) is 4.50. The maximum atomic E-state index is 2.46. The predicted molar refractivity (Wildman–Crippen MR) is 52.0 cm³/mol. The van der Waals surface area contributed by atoms with Gasteiger partial charge in [-0.15, -0.1) is 0 Å². The zero-order valence-electron chi connectivity index (χ0n) is 7.06. The molecule has 0 aromatic carbocycles. The summed E-state index contributed by atoms with van der Waals surface area (Å²) in [4.78, 5) is 8.83. The van der Waals surface area contributed by atoms with Gasteiger partial charge in [0.2, 0.25) is 0 Å². The average Bonchev–Trinajstić information content (AvgIpc) is 2.11. The molecule has 0 saturated heterocycles. The van der Waals surface area contributed by atoms with Gasteiger partial charge < -0.3 is 0 Å². The minimum atomic E-state index is -1.67. The van der Waals surface area contributed by atoms with Gasteiger partial charge in [0, 0.05) is 0 Å². The van der Waals surface area contributed by atoms with E-state index in [0.29, 0.717) is 0 Å². The van der Waals surface area contributed by atoms with Crippen molar-refractivity contribution in [1.82, 2.24) is 0 Å². The Balaban J connectivity index is 2.96. The van der Waals surface area contributed by atoms with E-state index in [1.54, 1.807) is 2.89 Å². The number of thiophene rings is 1. The first-order valence-corrected chi connectivity index (χ1v) is 14.4. The van der Waals surface area contributed by atoms with Crippen LogP contribution in [0.3, 0.4) is 0 Å². The van der Waals surface area contributed by atoms with Crippen LogP contribution >= 0.6 is 11.3 Å². The average molecular weight is 261 g/mol. The molecule has 0 aliphatic rings. The fraction of sp³-hybridized carbons (Fsp3) is 0.500. The molecule has 10 heavy (non-hydrogen) atoms. The number of aryl methyl sites for hydroxylation is 1. The molecule has 1 aromatic heterocycles. The number of hydrogen-bond acceptors (Lipinski definition) is 1. The molecule has 0 radical (unpaired) electrons. The topological polar surface area (TPSA) is 0 Å². The van der Waals surface area contributed by atoms with E-state index in [0.717, 1.165) is 0 Å². The standard InChI is InChI=1S/C5H5S.3CH3.Sn/c1-5-3-2-4-6-5;;;;/h2-3H,1H3;3*1H3;. The Bertz CT molecular complexity index is 219. The second-order valence-electron chi connectivity index (χ2n) is 3.66. The third kappa shape index (κ3) is 1.99. The van der Waals surface area contributed by atoms with Crippen molar-refractivity contribution in [1.29, 1.82) is 0 Å². The van der Waals surface area contributed by atoms with Crippen molar-refractivity contribution >= 4 is 32.6 Å². The van der Waals surface area contributed by atoms with Gasteiger partial charge in [-0.25, -0.2) is 0 Å². The van der Waals surface area contributed by atoms with Gasteiger partial charge in [-0.2, -0.15) is 0 Å². The van der Waals surface area contributed by atoms with Crippen molar-refractivity contribution in [2.45, 2.75) is 21.7 Å². The van der Waals surface area contributed by atoms with Crippen LogP contribution in [0.4, 0.5) is 0 Å². The van der Waals surface area contributed by atoms with Gasteiger partial charge >= 0.3 is 71.4 Å². The molecular weight excluding hydrogens is 247 g/mol. The number of hydrogen-bond donors (Lipinski definition) is 0. The Morgan fingerprint density at radius 2 is 1.80 bits per heavy atom. The van der Waals surface area contributed by atoms with Crippen molar-refractivity contribution in [3.05, 3.63) is 17.0 Å². The molecule has 0 bridgehead atoms. The van der Waals surface area contributed by atoms with Crippen LogP contribution in [0.2, 0.25) is 14.8 Å². The van der Waals surface area contributed by atoms with E-state index >= 15 is 0 Å². The third-order valence-corrected chi connectivity index (χ3v) is 12.0. The molecule has 0 aliphatic heterocycles. The quantitative estimate of drug-likeness (QED) is 0.681. The van der Waals surface area contributed by atoms with Crippen LogP contribution in [-0.4, -0.2) is 18.4 Å². The maximum absolute atomic E-state index is 2.46. The van der Waals surface area contributed by atoms with Gasteiger partial charge in [0.05, 0.1) is 0 Å². The van der Waals surface area contributed by atoms with Crippen molar-refractivity contribution < 1.29 is 0 Å². The molecule has 0 unspecified atom stereocenters. The van der Waals surface area contributed by atoms with Crippen LogP contribution < -0.4 is 2.89 Å². The summed E-state index contributed by atoms with van der Waals surface area (Å²) < 4.78 is 1.69. The van der Waals surface area contributed by atoms with Crippen molar-refractivity contribution in [2.75, 3.05) is 0 Å². The predicted octanol–water partition coefficient (Wildman–Crippen LogP) is 2.60. The Hall–Kier alpha value is 0.499. The van der Waals surface area contributed by atoms with Gasteiger partial charge in [0.15, 0.2) is 0 Å². The second kappa shape index (κ2) is 2.86. The minimum absolute atomic E-state index is 1.46. The molecule has 0 spiro atoms. The Kier molecular flexibility index (Phi) is 2.45. The zero-order valence-corrected chi connectivity index (χ0v) is 10.7. The van der Waals surface area contributed by atoms with Gasteiger partial charge in [0.25, 0.3) is 0 Å². The van der Waals surface area contributed by atoms with Gasteiger partial charge in [-0.05, 0) is 0 Å². The van der Waals surface area contributed by atoms with Crippen LogP contribution in [0.25, 0.3) is 0 Å². The van der Waals surface area contributed by atoms with E-state index in [4.69, 9.17) is 0 Å². The molecule has 0 nitrogen and oxygen atoms in total. The third-order valence-electron chi connectivity index (χ3n) is 1.48. The summed E-state index contributed by atoms with van der Waals surface area (Å²) in [5.74, 6) is 0. The SMILES string of the molecule is Cc1cc[c]([Sn]([CH3])([CH3])[CH3])s1. The van der Waals surface area contributed by atoms with E-state index in [-0.39, 0.29) is 0 Å². The summed E-state index contributed by atoms with van der Waals surface area (Å²) in [6.45, 7) is 2.19. The van der Waals surface area contributed by atoms with E-state index in [9.17, 15) is 0 Å². The fourth-order valence-electron chi connectivity index (χ4n) is 0.838. The normalized spacial score (nSPS) is 12.0. The second-order valence-corrected chi connectivity index (χ2v) is 20.4. The fourth-order valence-corrected chi connectivity index (χ4v) is 7.43. The molecule has 1 rings (SSSR count). The van der Waals surface area contributed by atoms with E-state index in [2.05, 4.69) is 33.9 Å². The summed E-state index contributed by atoms with van der Waals surface area (Å²) in [6, 6.07) is 4.55. The zero-order chi connectivity index (χ0) is 7.78. The van der Waals surface area contributed by atoms with Crippen molar-refractivity contribution in [2.24, 2.45) is 0 Å². The van der Waals surface area contributed by atoms with Crippen molar-refractivity contribution in [3.63, 3.8) is 0 Å². The van der Waals surface area contributed by atoms with Gasteiger partial charge in [-0.1, -0.05) is 0 Å². The van der Waals surface area contributed by atoms with Crippen LogP contribution in [-0.2, 0) is 0 Å². The molecule has 1 aromatic rings. The van der Waals surface area contributed by atoms with Crippen LogP contribution in [0.1, 0.15) is 4.88 Å². The van der Waals surface area contributed by atoms with Gasteiger partial charge in [-0.3, -0.25) is 0 Å². The Labute approximate surface area is 71.1 Å². The van der Waals surface area contributed by atoms with Crippen LogP contribution in [0.5, 0.6) is 0 Å². The van der Waals surface area contributed by atoms with Crippen LogP contribution in [0, 0.1) is 6.92 Å². The Morgan fingerprint density at radius 3 is 2.00 bits per heavy atom. The van der Waals surface area contributed by atoms with Gasteiger partial charge in [0.1, 0.15) is 0 Å². The first kappa shape index (κ1) is 8.59. The molecule has 0 saturated carbocycles. The first-order valence-electron chi connectivity index (χ1n) is 3.57. The summed E-state index contributed by atoms with van der Waals surface area (Å²) >= 11 is 0.315. The molecule has 0 atom stereocenters. The summed E-state index contributed by atoms with van der Waals surface area (Å²) in [5, 5.41) is 0. The van der Waals surface area contributed by atoms with E-state index in [1.807, 2.05) is 11.3 Å². The van der Waals surface area contributed by atoms with Crippen LogP contribution in [0.15, 0.2) is 12.1 Å². The van der Waals surface area contributed by atoms with E-state index < -0.39 is 18.4 Å². The molecule has 56 valence electrons. The molecular formula is C8H14SSn. The summed E-state index contributed by atoms with van der Waals surface area (Å²) in [5.41, 5.74) is 0. The summed E-state index contributed by atoms with van der Waals surface area (Å²) in [7, 11) is 0. The monoisotopic (exact) mass is 262 g/mol. The molecule has 2 heteroatoms. The van der Waals surface area contributed by atoms with Crippen molar-refractivity contribution in [3.8, 4) is 0 Å². The molecule has 0 amide bonds. The Morgan fingerprint density at radius 1 is 1.20 bits per heavy atom. The molecule has 0 fully saturated rings. The summed E-state index contributed by atoms with van der Waals surface area (Å²) in [6.07, 6.45) is 0. The molecule has 1 heterocycles. The van der Waals surface area contributed by atoms with E-state index in [1.165, 1.54) is 4.88 Å².